The smallest absolute Gasteiger partial charge is 0.350 e. The maximum atomic E-state index is 12.3. The second-order valence-electron chi connectivity index (χ2n) is 5.75. The van der Waals surface area contributed by atoms with Gasteiger partial charge < -0.3 is 4.98 Å². The number of pyridine rings is 1. The molecular weight excluding hydrogens is 278 g/mol. The summed E-state index contributed by atoms with van der Waals surface area (Å²) >= 11 is 0. The molecule has 0 radical (unpaired) electrons. The predicted octanol–water partition coefficient (Wildman–Crippen LogP) is 1.66. The number of nitrogens with one attached hydrogen (secondary N) is 1. The first-order valence-corrected chi connectivity index (χ1v) is 7.74. The first kappa shape index (κ1) is 13.3. The number of nitrogens with zero attached hydrogens (tertiary/aromatic N) is 4. The lowest BCUT2D eigenvalue weighted by molar-refractivity contribution is 0.238. The highest BCUT2D eigenvalue weighted by Crippen LogP contribution is 2.30. The molecule has 114 valence electrons. The zero-order valence-corrected chi connectivity index (χ0v) is 12.4. The standard InChI is InChI=1S/C16H19N5O/c22-16-20-10-2-1-7-15(20)18-21(16)12-11-19-9-4-6-14(19)13-5-3-8-17-13/h1-3,5,7-8,10,14,17H,4,6,9,11-12H2. The number of hydrogen-bond donors (Lipinski definition) is 1. The van der Waals surface area contributed by atoms with E-state index in [0.717, 1.165) is 13.1 Å². The van der Waals surface area contributed by atoms with Crippen molar-refractivity contribution >= 4 is 5.65 Å². The van der Waals surface area contributed by atoms with Gasteiger partial charge in [0.1, 0.15) is 0 Å². The minimum Gasteiger partial charge on any atom is -0.364 e. The Morgan fingerprint density at radius 2 is 2.18 bits per heavy atom. The van der Waals surface area contributed by atoms with E-state index >= 15 is 0 Å². The molecule has 3 aromatic heterocycles. The molecule has 1 atom stereocenters. The number of hydrogen-bond acceptors (Lipinski definition) is 3. The van der Waals surface area contributed by atoms with Gasteiger partial charge in [-0.15, -0.1) is 5.10 Å². The lowest BCUT2D eigenvalue weighted by atomic mass is 10.1. The minimum absolute atomic E-state index is 0.0637. The quantitative estimate of drug-likeness (QED) is 0.797. The second kappa shape index (κ2) is 5.46. The van der Waals surface area contributed by atoms with Gasteiger partial charge in [0, 0.05) is 30.7 Å². The molecule has 0 amide bonds. The first-order chi connectivity index (χ1) is 10.8. The van der Waals surface area contributed by atoms with E-state index < -0.39 is 0 Å². The molecular formula is C16H19N5O. The summed E-state index contributed by atoms with van der Waals surface area (Å²) < 4.78 is 3.16. The van der Waals surface area contributed by atoms with Gasteiger partial charge in [-0.05, 0) is 43.7 Å². The Kier molecular flexibility index (Phi) is 3.31. The summed E-state index contributed by atoms with van der Waals surface area (Å²) in [6.45, 7) is 2.54. The van der Waals surface area contributed by atoms with E-state index in [1.165, 1.54) is 18.5 Å². The van der Waals surface area contributed by atoms with E-state index in [2.05, 4.69) is 21.0 Å². The minimum atomic E-state index is -0.0637. The lowest BCUT2D eigenvalue weighted by Crippen LogP contribution is -2.31. The summed E-state index contributed by atoms with van der Waals surface area (Å²) in [5.41, 5.74) is 1.90. The van der Waals surface area contributed by atoms with E-state index in [0.29, 0.717) is 18.2 Å². The zero-order chi connectivity index (χ0) is 14.9. The number of H-pyrrole nitrogens is 1. The van der Waals surface area contributed by atoms with Crippen LogP contribution in [0.4, 0.5) is 0 Å². The van der Waals surface area contributed by atoms with E-state index in [1.807, 2.05) is 30.5 Å². The predicted molar refractivity (Wildman–Crippen MR) is 83.8 cm³/mol. The van der Waals surface area contributed by atoms with Gasteiger partial charge in [-0.2, -0.15) is 0 Å². The molecule has 1 saturated heterocycles. The Hall–Kier alpha value is -2.34. The molecule has 1 fully saturated rings. The largest absolute Gasteiger partial charge is 0.364 e. The molecule has 6 nitrogen and oxygen atoms in total. The number of likely N-dealkylation sites (tertiary alicyclic amines) is 1. The van der Waals surface area contributed by atoms with E-state index in [-0.39, 0.29) is 5.69 Å². The Balaban J connectivity index is 1.52. The van der Waals surface area contributed by atoms with Crippen LogP contribution >= 0.6 is 0 Å². The van der Waals surface area contributed by atoms with E-state index in [9.17, 15) is 4.79 Å². The molecule has 0 aliphatic carbocycles. The second-order valence-corrected chi connectivity index (χ2v) is 5.75. The van der Waals surface area contributed by atoms with Gasteiger partial charge in [0.25, 0.3) is 0 Å². The van der Waals surface area contributed by atoms with Crippen molar-refractivity contribution in [3.63, 3.8) is 0 Å². The van der Waals surface area contributed by atoms with Crippen molar-refractivity contribution in [1.29, 1.82) is 0 Å². The maximum Gasteiger partial charge on any atom is 0.350 e. The van der Waals surface area contributed by atoms with Crippen LogP contribution in [0.2, 0.25) is 0 Å². The highest BCUT2D eigenvalue weighted by Gasteiger charge is 2.26. The SMILES string of the molecule is O=c1n(CCN2CCCC2c2ccc[nH]2)nc2ccccn12. The molecule has 22 heavy (non-hydrogen) atoms. The van der Waals surface area contributed by atoms with Gasteiger partial charge in [0.05, 0.1) is 6.54 Å². The van der Waals surface area contributed by atoms with Crippen LogP contribution in [0.15, 0.2) is 47.5 Å². The molecule has 0 saturated carbocycles. The van der Waals surface area contributed by atoms with Crippen LogP contribution in [0, 0.1) is 0 Å². The average molecular weight is 297 g/mol. The van der Waals surface area contributed by atoms with Crippen molar-refractivity contribution in [3.05, 3.63) is 58.9 Å². The number of aromatic amines is 1. The fourth-order valence-corrected chi connectivity index (χ4v) is 3.33. The average Bonchev–Trinajstić information content (AvgIpc) is 3.25. The van der Waals surface area contributed by atoms with Crippen molar-refractivity contribution in [2.45, 2.75) is 25.4 Å². The molecule has 1 aliphatic heterocycles. The number of aromatic nitrogens is 4. The molecule has 1 N–H and O–H groups in total. The van der Waals surface area contributed by atoms with Gasteiger partial charge in [-0.1, -0.05) is 6.07 Å². The summed E-state index contributed by atoms with van der Waals surface area (Å²) in [6, 6.07) is 10.2. The van der Waals surface area contributed by atoms with Crippen molar-refractivity contribution in [1.82, 2.24) is 24.1 Å². The monoisotopic (exact) mass is 297 g/mol. The van der Waals surface area contributed by atoms with Crippen LogP contribution in [0.5, 0.6) is 0 Å². The Morgan fingerprint density at radius 3 is 3.00 bits per heavy atom. The highest BCUT2D eigenvalue weighted by atomic mass is 16.2. The van der Waals surface area contributed by atoms with Crippen molar-refractivity contribution in [3.8, 4) is 0 Å². The Bertz CT molecular complexity index is 817. The van der Waals surface area contributed by atoms with E-state index in [1.54, 1.807) is 15.3 Å². The molecule has 0 aromatic carbocycles. The normalized spacial score (nSPS) is 19.2. The summed E-state index contributed by atoms with van der Waals surface area (Å²) in [4.78, 5) is 18.0. The maximum absolute atomic E-state index is 12.3. The summed E-state index contributed by atoms with van der Waals surface area (Å²) in [7, 11) is 0. The molecule has 6 heteroatoms. The summed E-state index contributed by atoms with van der Waals surface area (Å²) in [5, 5.41) is 4.39. The molecule has 3 aromatic rings. The Labute approximate surface area is 128 Å². The molecule has 0 spiro atoms. The molecule has 4 heterocycles. The van der Waals surface area contributed by atoms with Crippen LogP contribution in [-0.4, -0.2) is 37.2 Å². The van der Waals surface area contributed by atoms with Crippen molar-refractivity contribution < 1.29 is 0 Å². The highest BCUT2D eigenvalue weighted by molar-refractivity contribution is 5.35. The third-order valence-electron chi connectivity index (χ3n) is 4.43. The third kappa shape index (κ3) is 2.25. The molecule has 1 aliphatic rings. The lowest BCUT2D eigenvalue weighted by Gasteiger charge is -2.23. The van der Waals surface area contributed by atoms with Crippen LogP contribution in [0.25, 0.3) is 5.65 Å². The van der Waals surface area contributed by atoms with Crippen LogP contribution in [0.1, 0.15) is 24.6 Å². The Morgan fingerprint density at radius 1 is 1.23 bits per heavy atom. The summed E-state index contributed by atoms with van der Waals surface area (Å²) in [5.74, 6) is 0. The van der Waals surface area contributed by atoms with Crippen LogP contribution in [0.3, 0.4) is 0 Å². The molecule has 4 rings (SSSR count). The van der Waals surface area contributed by atoms with Gasteiger partial charge in [0.15, 0.2) is 5.65 Å². The van der Waals surface area contributed by atoms with E-state index in [4.69, 9.17) is 0 Å². The topological polar surface area (TPSA) is 58.3 Å². The fourth-order valence-electron chi connectivity index (χ4n) is 3.33. The zero-order valence-electron chi connectivity index (χ0n) is 12.4. The molecule has 1 unspecified atom stereocenters. The van der Waals surface area contributed by atoms with Gasteiger partial charge >= 0.3 is 5.69 Å². The number of rotatable bonds is 4. The van der Waals surface area contributed by atoms with Crippen molar-refractivity contribution in [2.75, 3.05) is 13.1 Å². The van der Waals surface area contributed by atoms with Gasteiger partial charge in [-0.3, -0.25) is 9.30 Å². The first-order valence-electron chi connectivity index (χ1n) is 7.74. The van der Waals surface area contributed by atoms with Crippen molar-refractivity contribution in [2.24, 2.45) is 0 Å². The summed E-state index contributed by atoms with van der Waals surface area (Å²) in [6.07, 6.45) is 6.10. The van der Waals surface area contributed by atoms with Gasteiger partial charge in [0.2, 0.25) is 0 Å². The number of fused-ring (bicyclic) bond motifs is 1. The third-order valence-corrected chi connectivity index (χ3v) is 4.43. The van der Waals surface area contributed by atoms with Gasteiger partial charge in [-0.25, -0.2) is 9.48 Å². The molecule has 0 bridgehead atoms. The fraction of sp³-hybridized carbons (Fsp3) is 0.375. The van der Waals surface area contributed by atoms with Crippen LogP contribution < -0.4 is 5.69 Å². The van der Waals surface area contributed by atoms with Crippen LogP contribution in [-0.2, 0) is 6.54 Å².